The van der Waals surface area contributed by atoms with Gasteiger partial charge in [0.05, 0.1) is 6.61 Å². The first-order valence-corrected chi connectivity index (χ1v) is 6.07. The highest BCUT2D eigenvalue weighted by Crippen LogP contribution is 2.45. The Balaban J connectivity index is 1.99. The van der Waals surface area contributed by atoms with Gasteiger partial charge in [0.15, 0.2) is 0 Å². The Bertz CT molecular complexity index is 261. The molecule has 0 radical (unpaired) electrons. The van der Waals surface area contributed by atoms with E-state index in [0.717, 1.165) is 0 Å². The number of hydrogen-bond donors (Lipinski definition) is 2. The van der Waals surface area contributed by atoms with Crippen LogP contribution in [0, 0.1) is 11.8 Å². The van der Waals surface area contributed by atoms with E-state index in [1.807, 2.05) is 0 Å². The Morgan fingerprint density at radius 2 is 1.94 bits per heavy atom. The summed E-state index contributed by atoms with van der Waals surface area (Å²) in [5.74, 6) is 0.576. The van der Waals surface area contributed by atoms with Gasteiger partial charge in [0, 0.05) is 13.2 Å². The summed E-state index contributed by atoms with van der Waals surface area (Å²) in [6.45, 7) is 1.94. The molecule has 4 nitrogen and oxygen atoms in total. The van der Waals surface area contributed by atoms with Gasteiger partial charge in [-0.15, -0.1) is 0 Å². The molecular formula is C12H21NO3. The number of hydrogen-bond acceptors (Lipinski definition) is 3. The molecule has 0 aromatic rings. The molecular weight excluding hydrogens is 206 g/mol. The van der Waals surface area contributed by atoms with E-state index in [4.69, 9.17) is 4.74 Å². The molecule has 0 bridgehead atoms. The topological polar surface area (TPSA) is 58.6 Å². The lowest BCUT2D eigenvalue weighted by molar-refractivity contribution is -0.147. The van der Waals surface area contributed by atoms with Gasteiger partial charge in [-0.3, -0.25) is 10.1 Å². The summed E-state index contributed by atoms with van der Waals surface area (Å²) in [5.41, 5.74) is -0.940. The van der Waals surface area contributed by atoms with Crippen molar-refractivity contribution in [2.75, 3.05) is 13.7 Å². The summed E-state index contributed by atoms with van der Waals surface area (Å²) in [7, 11) is 1.55. The first-order valence-electron chi connectivity index (χ1n) is 6.07. The van der Waals surface area contributed by atoms with E-state index in [-0.39, 0.29) is 6.61 Å². The minimum atomic E-state index is -0.940. The minimum absolute atomic E-state index is 0.221. The second kappa shape index (κ2) is 4.34. The minimum Gasteiger partial charge on any atom is -0.480 e. The first kappa shape index (κ1) is 11.9. The fourth-order valence-electron chi connectivity index (χ4n) is 2.35. The molecule has 0 saturated heterocycles. The van der Waals surface area contributed by atoms with Gasteiger partial charge in [-0.25, -0.2) is 0 Å². The summed E-state index contributed by atoms with van der Waals surface area (Å²) in [4.78, 5) is 11.3. The van der Waals surface area contributed by atoms with Crippen molar-refractivity contribution in [3.8, 4) is 0 Å². The smallest absolute Gasteiger partial charge is 0.326 e. The molecule has 0 aromatic heterocycles. The van der Waals surface area contributed by atoms with E-state index in [2.05, 4.69) is 5.32 Å². The molecule has 1 atom stereocenters. The van der Waals surface area contributed by atoms with Gasteiger partial charge in [0.2, 0.25) is 0 Å². The number of rotatable bonds is 7. The summed E-state index contributed by atoms with van der Waals surface area (Å²) < 4.78 is 5.03. The van der Waals surface area contributed by atoms with Crippen LogP contribution in [0.2, 0.25) is 0 Å². The van der Waals surface area contributed by atoms with Gasteiger partial charge < -0.3 is 9.84 Å². The third-order valence-electron chi connectivity index (χ3n) is 3.65. The fourth-order valence-corrected chi connectivity index (χ4v) is 2.35. The number of nitrogens with one attached hydrogen (secondary N) is 1. The largest absolute Gasteiger partial charge is 0.480 e. The maximum atomic E-state index is 11.3. The molecule has 0 amide bonds. The first-order chi connectivity index (χ1) is 7.57. The average molecular weight is 227 g/mol. The Morgan fingerprint density at radius 3 is 2.25 bits per heavy atom. The number of aliphatic carboxylic acids is 1. The molecule has 1 unspecified atom stereocenters. The highest BCUT2D eigenvalue weighted by atomic mass is 16.5. The second-order valence-electron chi connectivity index (χ2n) is 5.42. The predicted molar refractivity (Wildman–Crippen MR) is 60.3 cm³/mol. The monoisotopic (exact) mass is 227 g/mol. The van der Waals surface area contributed by atoms with Crippen LogP contribution in [0.25, 0.3) is 0 Å². The van der Waals surface area contributed by atoms with Gasteiger partial charge in [-0.2, -0.15) is 0 Å². The van der Waals surface area contributed by atoms with E-state index in [1.54, 1.807) is 14.0 Å². The van der Waals surface area contributed by atoms with Crippen molar-refractivity contribution in [3.63, 3.8) is 0 Å². The van der Waals surface area contributed by atoms with Crippen LogP contribution < -0.4 is 5.32 Å². The maximum absolute atomic E-state index is 11.3. The van der Waals surface area contributed by atoms with E-state index in [0.29, 0.717) is 17.9 Å². The van der Waals surface area contributed by atoms with Gasteiger partial charge >= 0.3 is 5.97 Å². The lowest BCUT2D eigenvalue weighted by Crippen LogP contribution is -2.58. The average Bonchev–Trinajstić information content (AvgIpc) is 3.06. The van der Waals surface area contributed by atoms with Crippen LogP contribution in [0.3, 0.4) is 0 Å². The number of carboxylic acids is 1. The van der Waals surface area contributed by atoms with E-state index in [9.17, 15) is 9.90 Å². The maximum Gasteiger partial charge on any atom is 0.326 e. The van der Waals surface area contributed by atoms with Crippen molar-refractivity contribution in [2.24, 2.45) is 11.8 Å². The molecule has 2 fully saturated rings. The molecule has 0 spiro atoms. The van der Waals surface area contributed by atoms with Crippen LogP contribution in [0.15, 0.2) is 0 Å². The van der Waals surface area contributed by atoms with Crippen molar-refractivity contribution in [3.05, 3.63) is 0 Å². The zero-order valence-electron chi connectivity index (χ0n) is 10.0. The third-order valence-corrected chi connectivity index (χ3v) is 3.65. The van der Waals surface area contributed by atoms with Crippen LogP contribution in [-0.4, -0.2) is 36.4 Å². The SMILES string of the molecule is COCC(C)(NC(C1CC1)C1CC1)C(=O)O. The van der Waals surface area contributed by atoms with Crippen LogP contribution in [0.4, 0.5) is 0 Å². The van der Waals surface area contributed by atoms with E-state index in [1.165, 1.54) is 25.7 Å². The Hall–Kier alpha value is -0.610. The zero-order valence-corrected chi connectivity index (χ0v) is 10.0. The molecule has 16 heavy (non-hydrogen) atoms. The molecule has 2 N–H and O–H groups in total. The normalized spacial score (nSPS) is 24.4. The summed E-state index contributed by atoms with van der Waals surface area (Å²) in [6.07, 6.45) is 4.99. The summed E-state index contributed by atoms with van der Waals surface area (Å²) >= 11 is 0. The Labute approximate surface area is 96.4 Å². The number of carboxylic acid groups (broad SMARTS) is 1. The quantitative estimate of drug-likeness (QED) is 0.687. The highest BCUT2D eigenvalue weighted by Gasteiger charge is 2.46. The molecule has 92 valence electrons. The molecule has 4 heteroatoms. The van der Waals surface area contributed by atoms with Crippen LogP contribution >= 0.6 is 0 Å². The van der Waals surface area contributed by atoms with Crippen molar-refractivity contribution in [1.29, 1.82) is 0 Å². The number of ether oxygens (including phenoxy) is 1. The Morgan fingerprint density at radius 1 is 1.44 bits per heavy atom. The van der Waals surface area contributed by atoms with Crippen LogP contribution in [-0.2, 0) is 9.53 Å². The summed E-state index contributed by atoms with van der Waals surface area (Å²) in [5, 5.41) is 12.6. The Kier molecular flexibility index (Phi) is 3.22. The molecule has 0 aromatic carbocycles. The van der Waals surface area contributed by atoms with E-state index < -0.39 is 11.5 Å². The highest BCUT2D eigenvalue weighted by molar-refractivity contribution is 5.78. The van der Waals surface area contributed by atoms with E-state index >= 15 is 0 Å². The molecule has 0 heterocycles. The van der Waals surface area contributed by atoms with Gasteiger partial charge in [-0.1, -0.05) is 0 Å². The fraction of sp³-hybridized carbons (Fsp3) is 0.917. The predicted octanol–water partition coefficient (Wildman–Crippen LogP) is 1.25. The molecule has 2 rings (SSSR count). The molecule has 2 aliphatic rings. The van der Waals surface area contributed by atoms with Crippen LogP contribution in [0.5, 0.6) is 0 Å². The van der Waals surface area contributed by atoms with Crippen LogP contribution in [0.1, 0.15) is 32.6 Å². The summed E-state index contributed by atoms with van der Waals surface area (Å²) in [6, 6.07) is 0.385. The molecule has 2 saturated carbocycles. The number of methoxy groups -OCH3 is 1. The lowest BCUT2D eigenvalue weighted by atomic mass is 9.98. The lowest BCUT2D eigenvalue weighted by Gasteiger charge is -2.31. The zero-order chi connectivity index (χ0) is 11.8. The molecule has 0 aliphatic heterocycles. The molecule has 2 aliphatic carbocycles. The second-order valence-corrected chi connectivity index (χ2v) is 5.42. The van der Waals surface area contributed by atoms with Gasteiger partial charge in [0.25, 0.3) is 0 Å². The van der Waals surface area contributed by atoms with Crippen molar-refractivity contribution in [1.82, 2.24) is 5.32 Å². The van der Waals surface area contributed by atoms with Crippen molar-refractivity contribution in [2.45, 2.75) is 44.2 Å². The van der Waals surface area contributed by atoms with Gasteiger partial charge in [0.1, 0.15) is 5.54 Å². The number of carbonyl (C=O) groups is 1. The van der Waals surface area contributed by atoms with Gasteiger partial charge in [-0.05, 0) is 44.4 Å². The third kappa shape index (κ3) is 2.55. The van der Waals surface area contributed by atoms with Crippen molar-refractivity contribution >= 4 is 5.97 Å². The standard InChI is InChI=1S/C12H21NO3/c1-12(7-16-2,11(14)15)13-10(8-3-4-8)9-5-6-9/h8-10,13H,3-7H2,1-2H3,(H,14,15). The van der Waals surface area contributed by atoms with Crippen molar-refractivity contribution < 1.29 is 14.6 Å².